The molecule has 0 amide bonds. The van der Waals surface area contributed by atoms with Crippen LogP contribution in [0.4, 0.5) is 0 Å². The minimum absolute atomic E-state index is 0. The lowest BCUT2D eigenvalue weighted by atomic mass is 10.0. The van der Waals surface area contributed by atoms with E-state index in [2.05, 4.69) is 53.1 Å². The summed E-state index contributed by atoms with van der Waals surface area (Å²) in [6, 6.07) is 0.550. The Hall–Kier alpha value is -0.0800. The van der Waals surface area contributed by atoms with Gasteiger partial charge in [0.1, 0.15) is 0 Å². The molecule has 5 nitrogen and oxygen atoms in total. The van der Waals surface area contributed by atoms with Crippen molar-refractivity contribution in [3.05, 3.63) is 0 Å². The van der Waals surface area contributed by atoms with Crippen LogP contribution >= 0.6 is 24.0 Å². The van der Waals surface area contributed by atoms with E-state index in [9.17, 15) is 0 Å². The first-order valence-corrected chi connectivity index (χ1v) is 10.5. The summed E-state index contributed by atoms with van der Waals surface area (Å²) in [4.78, 5) is 9.47. The largest absolute Gasteiger partial charge is 0.356 e. The zero-order chi connectivity index (χ0) is 18.5. The van der Waals surface area contributed by atoms with E-state index in [4.69, 9.17) is 0 Å². The molecule has 1 unspecified atom stereocenters. The Labute approximate surface area is 179 Å². The predicted molar refractivity (Wildman–Crippen MR) is 126 cm³/mol. The van der Waals surface area contributed by atoms with Crippen LogP contribution in [-0.2, 0) is 0 Å². The van der Waals surface area contributed by atoms with Crippen molar-refractivity contribution < 1.29 is 0 Å². The molecule has 0 aromatic rings. The Morgan fingerprint density at radius 3 is 2.19 bits per heavy atom. The number of unbranched alkanes of at least 4 members (excludes halogenated alkanes) is 3. The number of hydrogen-bond donors (Lipinski definition) is 2. The topological polar surface area (TPSA) is 42.9 Å². The van der Waals surface area contributed by atoms with Crippen LogP contribution < -0.4 is 10.6 Å². The second-order valence-electron chi connectivity index (χ2n) is 7.80. The van der Waals surface area contributed by atoms with Gasteiger partial charge in [0.15, 0.2) is 5.96 Å². The lowest BCUT2D eigenvalue weighted by Gasteiger charge is -2.37. The van der Waals surface area contributed by atoms with Gasteiger partial charge in [-0.3, -0.25) is 9.89 Å². The molecular weight excluding hydrogens is 437 g/mol. The molecule has 0 spiro atoms. The normalized spacial score (nSPS) is 17.8. The van der Waals surface area contributed by atoms with Gasteiger partial charge in [0.25, 0.3) is 0 Å². The van der Waals surface area contributed by atoms with Crippen LogP contribution in [0.3, 0.4) is 0 Å². The lowest BCUT2D eigenvalue weighted by molar-refractivity contribution is 0.107. The van der Waals surface area contributed by atoms with E-state index in [1.165, 1.54) is 64.8 Å². The van der Waals surface area contributed by atoms with E-state index in [1.807, 2.05) is 7.05 Å². The molecule has 1 aliphatic heterocycles. The van der Waals surface area contributed by atoms with Gasteiger partial charge in [-0.05, 0) is 25.8 Å². The molecule has 2 N–H and O–H groups in total. The SMILES string of the molecule is CCN1CCN(C(C)CNC(=NC)NCCCCCCC(C)C)CC1.I. The fraction of sp³-hybridized carbons (Fsp3) is 0.950. The van der Waals surface area contributed by atoms with Crippen LogP contribution in [0.2, 0.25) is 0 Å². The summed E-state index contributed by atoms with van der Waals surface area (Å²) in [5.41, 5.74) is 0. The van der Waals surface area contributed by atoms with E-state index in [-0.39, 0.29) is 24.0 Å². The molecule has 0 aromatic heterocycles. The van der Waals surface area contributed by atoms with Gasteiger partial charge >= 0.3 is 0 Å². The van der Waals surface area contributed by atoms with Gasteiger partial charge < -0.3 is 15.5 Å². The Kier molecular flexibility index (Phi) is 15.9. The summed E-state index contributed by atoms with van der Waals surface area (Å²) in [7, 11) is 1.86. The van der Waals surface area contributed by atoms with E-state index >= 15 is 0 Å². The number of aliphatic imine (C=N–C) groups is 1. The molecule has 0 radical (unpaired) electrons. The number of halogens is 1. The van der Waals surface area contributed by atoms with Gasteiger partial charge in [0, 0.05) is 52.4 Å². The minimum atomic E-state index is 0. The number of guanidine groups is 1. The van der Waals surface area contributed by atoms with Crippen LogP contribution in [0.25, 0.3) is 0 Å². The molecule has 1 atom stereocenters. The van der Waals surface area contributed by atoms with E-state index < -0.39 is 0 Å². The first-order valence-electron chi connectivity index (χ1n) is 10.5. The fourth-order valence-corrected chi connectivity index (χ4v) is 3.35. The Balaban J connectivity index is 0.00000625. The molecule has 156 valence electrons. The van der Waals surface area contributed by atoms with Crippen molar-refractivity contribution in [2.75, 3.05) is 52.9 Å². The highest BCUT2D eigenvalue weighted by molar-refractivity contribution is 14.0. The molecule has 0 bridgehead atoms. The summed E-state index contributed by atoms with van der Waals surface area (Å²) < 4.78 is 0. The van der Waals surface area contributed by atoms with Crippen LogP contribution in [0, 0.1) is 5.92 Å². The smallest absolute Gasteiger partial charge is 0.191 e. The van der Waals surface area contributed by atoms with Gasteiger partial charge in [-0.1, -0.05) is 46.5 Å². The second kappa shape index (κ2) is 15.9. The summed E-state index contributed by atoms with van der Waals surface area (Å²) in [6.07, 6.45) is 6.63. The minimum Gasteiger partial charge on any atom is -0.356 e. The average Bonchev–Trinajstić information content (AvgIpc) is 2.62. The maximum Gasteiger partial charge on any atom is 0.191 e. The predicted octanol–water partition coefficient (Wildman–Crippen LogP) is 3.40. The summed E-state index contributed by atoms with van der Waals surface area (Å²) in [5, 5.41) is 6.95. The molecular formula is C20H44IN5. The molecule has 0 aromatic carbocycles. The van der Waals surface area contributed by atoms with Crippen molar-refractivity contribution >= 4 is 29.9 Å². The van der Waals surface area contributed by atoms with E-state index in [1.54, 1.807) is 0 Å². The fourth-order valence-electron chi connectivity index (χ4n) is 3.35. The molecule has 26 heavy (non-hydrogen) atoms. The first kappa shape index (κ1) is 25.9. The molecule has 1 rings (SSSR count). The summed E-state index contributed by atoms with van der Waals surface area (Å²) >= 11 is 0. The van der Waals surface area contributed by atoms with Crippen molar-refractivity contribution in [2.45, 2.75) is 65.8 Å². The molecule has 1 saturated heterocycles. The van der Waals surface area contributed by atoms with E-state index in [0.29, 0.717) is 6.04 Å². The van der Waals surface area contributed by atoms with Crippen LogP contribution in [0.15, 0.2) is 4.99 Å². The Morgan fingerprint density at radius 2 is 1.62 bits per heavy atom. The Morgan fingerprint density at radius 1 is 0.962 bits per heavy atom. The van der Waals surface area contributed by atoms with Crippen LogP contribution in [0.5, 0.6) is 0 Å². The summed E-state index contributed by atoms with van der Waals surface area (Å²) in [5.74, 6) is 1.79. The average molecular weight is 482 g/mol. The highest BCUT2D eigenvalue weighted by atomic mass is 127. The standard InChI is InChI=1S/C20H43N5.HI/c1-6-24-13-15-25(16-14-24)19(4)17-23-20(21-5)22-12-10-8-7-9-11-18(2)3;/h18-19H,6-17H2,1-5H3,(H2,21,22,23);1H. The van der Waals surface area contributed by atoms with Crippen molar-refractivity contribution in [1.29, 1.82) is 0 Å². The number of nitrogens with zero attached hydrogens (tertiary/aromatic N) is 3. The third kappa shape index (κ3) is 11.6. The monoisotopic (exact) mass is 481 g/mol. The van der Waals surface area contributed by atoms with E-state index in [0.717, 1.165) is 25.0 Å². The van der Waals surface area contributed by atoms with Crippen molar-refractivity contribution in [2.24, 2.45) is 10.9 Å². The third-order valence-electron chi connectivity index (χ3n) is 5.27. The van der Waals surface area contributed by atoms with Crippen LogP contribution in [-0.4, -0.2) is 74.7 Å². The highest BCUT2D eigenvalue weighted by Gasteiger charge is 2.20. The number of rotatable bonds is 11. The number of likely N-dealkylation sites (N-methyl/N-ethyl adjacent to an activating group) is 1. The van der Waals surface area contributed by atoms with Gasteiger partial charge in [0.2, 0.25) is 0 Å². The van der Waals surface area contributed by atoms with Crippen molar-refractivity contribution in [1.82, 2.24) is 20.4 Å². The quantitative estimate of drug-likeness (QED) is 0.206. The maximum atomic E-state index is 4.36. The maximum absolute atomic E-state index is 4.36. The third-order valence-corrected chi connectivity index (χ3v) is 5.27. The molecule has 1 heterocycles. The molecule has 0 saturated carbocycles. The highest BCUT2D eigenvalue weighted by Crippen LogP contribution is 2.09. The van der Waals surface area contributed by atoms with Crippen molar-refractivity contribution in [3.8, 4) is 0 Å². The first-order chi connectivity index (χ1) is 12.1. The number of nitrogens with one attached hydrogen (secondary N) is 2. The zero-order valence-corrected chi connectivity index (χ0v) is 20.2. The van der Waals surface area contributed by atoms with Gasteiger partial charge in [-0.2, -0.15) is 0 Å². The molecule has 6 heteroatoms. The Bertz CT molecular complexity index is 354. The number of hydrogen-bond acceptors (Lipinski definition) is 3. The lowest BCUT2D eigenvalue weighted by Crippen LogP contribution is -2.53. The second-order valence-corrected chi connectivity index (χ2v) is 7.80. The van der Waals surface area contributed by atoms with Gasteiger partial charge in [-0.25, -0.2) is 0 Å². The van der Waals surface area contributed by atoms with Crippen molar-refractivity contribution in [3.63, 3.8) is 0 Å². The van der Waals surface area contributed by atoms with Crippen LogP contribution in [0.1, 0.15) is 59.8 Å². The number of piperazine rings is 1. The summed E-state index contributed by atoms with van der Waals surface area (Å²) in [6.45, 7) is 17.1. The molecule has 1 fully saturated rings. The zero-order valence-electron chi connectivity index (χ0n) is 17.9. The van der Waals surface area contributed by atoms with Gasteiger partial charge in [0.05, 0.1) is 0 Å². The molecule has 1 aliphatic rings. The van der Waals surface area contributed by atoms with Gasteiger partial charge in [-0.15, -0.1) is 24.0 Å². The molecule has 0 aliphatic carbocycles.